The first-order valence-corrected chi connectivity index (χ1v) is 10.6. The summed E-state index contributed by atoms with van der Waals surface area (Å²) < 4.78 is 43.8. The van der Waals surface area contributed by atoms with Crippen LogP contribution in [0.3, 0.4) is 0 Å². The van der Waals surface area contributed by atoms with Crippen LogP contribution < -0.4 is 11.0 Å². The van der Waals surface area contributed by atoms with E-state index in [0.29, 0.717) is 11.9 Å². The number of benzene rings is 1. The molecule has 6 atom stereocenters. The number of nitrogens with two attached hydrogens (primary N) is 1. The summed E-state index contributed by atoms with van der Waals surface area (Å²) in [5.74, 6) is -2.38. The normalized spacial score (nSPS) is 44.0. The van der Waals surface area contributed by atoms with Crippen LogP contribution in [0, 0.1) is 0 Å². The summed E-state index contributed by atoms with van der Waals surface area (Å²) in [7, 11) is -3.40. The van der Waals surface area contributed by atoms with Crippen molar-refractivity contribution in [2.75, 3.05) is 6.61 Å². The van der Waals surface area contributed by atoms with Crippen LogP contribution in [-0.4, -0.2) is 48.4 Å². The molecule has 0 aromatic heterocycles. The Morgan fingerprint density at radius 3 is 2.23 bits per heavy atom. The summed E-state index contributed by atoms with van der Waals surface area (Å²) in [5, 5.41) is 0.572. The maximum absolute atomic E-state index is 13.9. The largest absolute Gasteiger partial charge is 0.348 e. The van der Waals surface area contributed by atoms with Gasteiger partial charge in [-0.05, 0) is 39.8 Å². The van der Waals surface area contributed by atoms with Crippen molar-refractivity contribution in [3.05, 3.63) is 30.3 Å². The summed E-state index contributed by atoms with van der Waals surface area (Å²) in [6.07, 6.45) is -2.05. The van der Waals surface area contributed by atoms with Crippen LogP contribution in [0.5, 0.6) is 0 Å². The second-order valence-electron chi connectivity index (χ2n) is 7.93. The minimum absolute atomic E-state index is 0.328. The zero-order valence-electron chi connectivity index (χ0n) is 15.5. The van der Waals surface area contributed by atoms with Gasteiger partial charge in [-0.1, -0.05) is 18.2 Å². The summed E-state index contributed by atoms with van der Waals surface area (Å²) in [5.41, 5.74) is 6.40. The Labute approximate surface area is 153 Å². The molecular weight excluding hydrogens is 357 g/mol. The van der Waals surface area contributed by atoms with Crippen LogP contribution in [0.1, 0.15) is 27.7 Å². The molecule has 7 nitrogen and oxygen atoms in total. The number of ether oxygens (including phenoxy) is 4. The van der Waals surface area contributed by atoms with Gasteiger partial charge in [0.15, 0.2) is 11.6 Å². The van der Waals surface area contributed by atoms with Gasteiger partial charge in [0.05, 0.1) is 6.61 Å². The van der Waals surface area contributed by atoms with Crippen LogP contribution in [-0.2, 0) is 28.0 Å². The van der Waals surface area contributed by atoms with E-state index in [-0.39, 0.29) is 0 Å². The lowest BCUT2D eigenvalue weighted by Crippen LogP contribution is -2.57. The first-order chi connectivity index (χ1) is 12.1. The van der Waals surface area contributed by atoms with E-state index >= 15 is 0 Å². The van der Waals surface area contributed by atoms with Gasteiger partial charge in [-0.25, -0.2) is 0 Å². The van der Waals surface area contributed by atoms with E-state index in [1.165, 1.54) is 0 Å². The highest BCUT2D eigenvalue weighted by atomic mass is 31.2. The fourth-order valence-corrected chi connectivity index (χ4v) is 6.29. The third-order valence-corrected chi connectivity index (χ3v) is 7.66. The molecule has 1 aromatic carbocycles. The predicted molar refractivity (Wildman–Crippen MR) is 95.3 cm³/mol. The highest BCUT2D eigenvalue weighted by Gasteiger charge is 2.61. The van der Waals surface area contributed by atoms with Crippen molar-refractivity contribution >= 4 is 12.7 Å². The van der Waals surface area contributed by atoms with Crippen molar-refractivity contribution in [3.63, 3.8) is 0 Å². The smallest absolute Gasteiger partial charge is 0.251 e. The standard InChI is InChI=1S/C18H26NO6P/c1-17(2)21-10-12(22-17)13-14-15(24-18(3,4)23-14)16(19)26(20,25-13)11-8-6-5-7-9-11/h5-9,12-16H,10,19H2,1-4H3/t12-,13+,14+,15+,16+,26?/m1/s1. The first-order valence-electron chi connectivity index (χ1n) is 8.88. The van der Waals surface area contributed by atoms with E-state index in [1.807, 2.05) is 45.9 Å². The van der Waals surface area contributed by atoms with Gasteiger partial charge in [-0.15, -0.1) is 0 Å². The zero-order chi connectivity index (χ0) is 18.7. The molecular formula is C18H26NO6P. The van der Waals surface area contributed by atoms with E-state index in [2.05, 4.69) is 0 Å². The molecule has 3 saturated heterocycles. The molecule has 0 saturated carbocycles. The maximum Gasteiger partial charge on any atom is 0.251 e. The molecule has 3 heterocycles. The predicted octanol–water partition coefficient (Wildman–Crippen LogP) is 1.95. The lowest BCUT2D eigenvalue weighted by atomic mass is 10.0. The van der Waals surface area contributed by atoms with Crippen molar-refractivity contribution in [2.24, 2.45) is 5.73 Å². The average molecular weight is 383 g/mol. The lowest BCUT2D eigenvalue weighted by Gasteiger charge is -2.42. The zero-order valence-corrected chi connectivity index (χ0v) is 16.3. The van der Waals surface area contributed by atoms with Crippen molar-refractivity contribution < 1.29 is 28.0 Å². The Morgan fingerprint density at radius 1 is 0.962 bits per heavy atom. The Morgan fingerprint density at radius 2 is 1.62 bits per heavy atom. The molecule has 3 aliphatic rings. The van der Waals surface area contributed by atoms with Gasteiger partial charge in [-0.3, -0.25) is 4.57 Å². The SMILES string of the molecule is CC1(C)O[C@H]2[C@H]([C@H]3COC(C)(C)O3)OP(=O)(c3ccccc3)[C@H](N)[C@H]2O1. The van der Waals surface area contributed by atoms with E-state index in [0.717, 1.165) is 0 Å². The van der Waals surface area contributed by atoms with Gasteiger partial charge < -0.3 is 29.2 Å². The number of fused-ring (bicyclic) bond motifs is 1. The first kappa shape index (κ1) is 18.6. The summed E-state index contributed by atoms with van der Waals surface area (Å²) >= 11 is 0. The van der Waals surface area contributed by atoms with Crippen molar-refractivity contribution in [2.45, 2.75) is 69.5 Å². The van der Waals surface area contributed by atoms with Crippen LogP contribution in [0.2, 0.25) is 0 Å². The maximum atomic E-state index is 13.9. The lowest BCUT2D eigenvalue weighted by molar-refractivity contribution is -0.174. The topological polar surface area (TPSA) is 89.2 Å². The summed E-state index contributed by atoms with van der Waals surface area (Å²) in [6, 6.07) is 9.05. The monoisotopic (exact) mass is 383 g/mol. The van der Waals surface area contributed by atoms with E-state index in [4.69, 9.17) is 29.2 Å². The average Bonchev–Trinajstić information content (AvgIpc) is 3.10. The van der Waals surface area contributed by atoms with Crippen molar-refractivity contribution in [1.82, 2.24) is 0 Å². The number of hydrogen-bond donors (Lipinski definition) is 1. The van der Waals surface area contributed by atoms with Gasteiger partial charge in [0.2, 0.25) is 0 Å². The van der Waals surface area contributed by atoms with E-state index < -0.39 is 49.1 Å². The minimum atomic E-state index is -3.40. The Kier molecular flexibility index (Phi) is 4.36. The van der Waals surface area contributed by atoms with Crippen molar-refractivity contribution in [1.29, 1.82) is 0 Å². The van der Waals surface area contributed by atoms with Crippen LogP contribution >= 0.6 is 7.37 Å². The third kappa shape index (κ3) is 3.06. The van der Waals surface area contributed by atoms with E-state index in [9.17, 15) is 4.57 Å². The molecule has 0 aliphatic carbocycles. The van der Waals surface area contributed by atoms with Crippen LogP contribution in [0.25, 0.3) is 0 Å². The third-order valence-electron chi connectivity index (χ3n) is 5.01. The highest BCUT2D eigenvalue weighted by Crippen LogP contribution is 2.59. The Bertz CT molecular complexity index is 724. The molecule has 3 fully saturated rings. The van der Waals surface area contributed by atoms with Crippen LogP contribution in [0.15, 0.2) is 30.3 Å². The molecule has 1 unspecified atom stereocenters. The molecule has 2 N–H and O–H groups in total. The Balaban J connectivity index is 1.72. The molecule has 4 rings (SSSR count). The Hall–Kier alpha value is -0.790. The van der Waals surface area contributed by atoms with Gasteiger partial charge in [0.1, 0.15) is 30.2 Å². The second kappa shape index (κ2) is 6.11. The molecule has 3 aliphatic heterocycles. The molecule has 144 valence electrons. The fraction of sp³-hybridized carbons (Fsp3) is 0.667. The molecule has 0 bridgehead atoms. The number of hydrogen-bond acceptors (Lipinski definition) is 7. The highest BCUT2D eigenvalue weighted by molar-refractivity contribution is 7.67. The quantitative estimate of drug-likeness (QED) is 0.781. The summed E-state index contributed by atoms with van der Waals surface area (Å²) in [6.45, 7) is 7.64. The molecule has 0 amide bonds. The van der Waals surface area contributed by atoms with E-state index in [1.54, 1.807) is 12.1 Å². The van der Waals surface area contributed by atoms with Gasteiger partial charge in [-0.2, -0.15) is 0 Å². The number of rotatable bonds is 2. The molecule has 8 heteroatoms. The summed E-state index contributed by atoms with van der Waals surface area (Å²) in [4.78, 5) is 0. The fourth-order valence-electron chi connectivity index (χ4n) is 3.87. The van der Waals surface area contributed by atoms with Gasteiger partial charge >= 0.3 is 0 Å². The van der Waals surface area contributed by atoms with Crippen LogP contribution in [0.4, 0.5) is 0 Å². The molecule has 0 radical (unpaired) electrons. The van der Waals surface area contributed by atoms with Gasteiger partial charge in [0.25, 0.3) is 7.37 Å². The van der Waals surface area contributed by atoms with Crippen molar-refractivity contribution in [3.8, 4) is 0 Å². The second-order valence-corrected chi connectivity index (χ2v) is 10.4. The molecule has 0 spiro atoms. The molecule has 26 heavy (non-hydrogen) atoms. The molecule has 1 aromatic rings. The van der Waals surface area contributed by atoms with Gasteiger partial charge in [0, 0.05) is 5.30 Å². The minimum Gasteiger partial charge on any atom is -0.348 e.